The van der Waals surface area contributed by atoms with E-state index in [2.05, 4.69) is 31.2 Å². The van der Waals surface area contributed by atoms with Crippen molar-refractivity contribution < 1.29 is 13.2 Å². The standard InChI is InChI=1S/C18H24ClN9O3S/c1-21-13-14-12(15(20)26-16(13)22-2)25-17(23-3)28(14)9-8-24-18(29)27-32(30,31)11-7-5-4-6-10(11)19/h4-7,21H,8-9H2,1-3H3,(H,23,25)(H3,20,22,26)(H2,24,27,29). The SMILES string of the molecule is CNc1nc(N)c2nc(NC)n(CCNC(=O)NS(=O)(=O)c3ccccc3Cl)c2c1NC. The maximum Gasteiger partial charge on any atom is 0.328 e. The van der Waals surface area contributed by atoms with Gasteiger partial charge in [-0.05, 0) is 12.1 Å². The Kier molecular flexibility index (Phi) is 6.79. The molecule has 14 heteroatoms. The molecule has 172 valence electrons. The van der Waals surface area contributed by atoms with Gasteiger partial charge >= 0.3 is 6.03 Å². The highest BCUT2D eigenvalue weighted by molar-refractivity contribution is 7.90. The molecular formula is C18H24ClN9O3S. The fourth-order valence-electron chi connectivity index (χ4n) is 3.21. The van der Waals surface area contributed by atoms with Crippen LogP contribution in [0.5, 0.6) is 0 Å². The first-order valence-electron chi connectivity index (χ1n) is 9.51. The van der Waals surface area contributed by atoms with Gasteiger partial charge in [-0.15, -0.1) is 0 Å². The highest BCUT2D eigenvalue weighted by atomic mass is 35.5. The fraction of sp³-hybridized carbons (Fsp3) is 0.278. The lowest BCUT2D eigenvalue weighted by Crippen LogP contribution is -2.40. The van der Waals surface area contributed by atoms with Gasteiger partial charge in [0.2, 0.25) is 5.95 Å². The molecule has 0 fully saturated rings. The topological polar surface area (TPSA) is 168 Å². The molecule has 2 amide bonds. The minimum atomic E-state index is -4.12. The van der Waals surface area contributed by atoms with Crippen LogP contribution in [0.3, 0.4) is 0 Å². The first kappa shape index (κ1) is 23.2. The van der Waals surface area contributed by atoms with Crippen LogP contribution in [0.25, 0.3) is 11.0 Å². The molecule has 7 N–H and O–H groups in total. The number of halogens is 1. The lowest BCUT2D eigenvalue weighted by Gasteiger charge is -2.15. The average molecular weight is 482 g/mol. The van der Waals surface area contributed by atoms with Gasteiger partial charge in [-0.2, -0.15) is 0 Å². The van der Waals surface area contributed by atoms with E-state index in [-0.39, 0.29) is 28.8 Å². The maximum atomic E-state index is 12.4. The number of fused-ring (bicyclic) bond motifs is 1. The number of carbonyl (C=O) groups excluding carboxylic acids is 1. The van der Waals surface area contributed by atoms with Gasteiger partial charge in [0.1, 0.15) is 21.6 Å². The Morgan fingerprint density at radius 1 is 1.12 bits per heavy atom. The highest BCUT2D eigenvalue weighted by Crippen LogP contribution is 2.34. The number of nitrogens with two attached hydrogens (primary N) is 1. The lowest BCUT2D eigenvalue weighted by molar-refractivity contribution is 0.245. The summed E-state index contributed by atoms with van der Waals surface area (Å²) in [7, 11) is 1.06. The summed E-state index contributed by atoms with van der Waals surface area (Å²) in [6, 6.07) is 4.97. The summed E-state index contributed by atoms with van der Waals surface area (Å²) in [6.07, 6.45) is 0. The average Bonchev–Trinajstić information content (AvgIpc) is 3.12. The Bertz CT molecular complexity index is 1260. The van der Waals surface area contributed by atoms with Gasteiger partial charge < -0.3 is 31.6 Å². The molecule has 12 nitrogen and oxygen atoms in total. The first-order chi connectivity index (χ1) is 15.2. The molecule has 0 aliphatic carbocycles. The highest BCUT2D eigenvalue weighted by Gasteiger charge is 2.22. The number of rotatable bonds is 8. The van der Waals surface area contributed by atoms with Crippen LogP contribution in [0.15, 0.2) is 29.2 Å². The summed E-state index contributed by atoms with van der Waals surface area (Å²) in [5.74, 6) is 1.29. The second kappa shape index (κ2) is 9.36. The van der Waals surface area contributed by atoms with Crippen molar-refractivity contribution in [2.75, 3.05) is 49.4 Å². The number of imidazole rings is 1. The summed E-state index contributed by atoms with van der Waals surface area (Å²) >= 11 is 5.92. The van der Waals surface area contributed by atoms with Gasteiger partial charge in [0, 0.05) is 34.2 Å². The zero-order valence-electron chi connectivity index (χ0n) is 17.7. The van der Waals surface area contributed by atoms with Crippen molar-refractivity contribution in [1.82, 2.24) is 24.6 Å². The van der Waals surface area contributed by atoms with Gasteiger partial charge in [-0.25, -0.2) is 27.9 Å². The number of amides is 2. The van der Waals surface area contributed by atoms with Crippen LogP contribution in [-0.2, 0) is 16.6 Å². The summed E-state index contributed by atoms with van der Waals surface area (Å²) in [5, 5.41) is 11.6. The fourth-order valence-corrected chi connectivity index (χ4v) is 4.66. The van der Waals surface area contributed by atoms with Crippen LogP contribution >= 0.6 is 11.6 Å². The van der Waals surface area contributed by atoms with Crippen LogP contribution in [0.1, 0.15) is 0 Å². The van der Waals surface area contributed by atoms with Crippen LogP contribution in [0.4, 0.5) is 28.1 Å². The number of nitrogens with zero attached hydrogens (tertiary/aromatic N) is 3. The third-order valence-electron chi connectivity index (χ3n) is 4.60. The molecule has 0 unspecified atom stereocenters. The number of anilines is 4. The molecule has 0 saturated heterocycles. The number of hydrogen-bond donors (Lipinski definition) is 6. The van der Waals surface area contributed by atoms with Crippen LogP contribution < -0.4 is 31.7 Å². The Morgan fingerprint density at radius 2 is 1.84 bits per heavy atom. The van der Waals surface area contributed by atoms with Crippen LogP contribution in [0, 0.1) is 0 Å². The van der Waals surface area contributed by atoms with Gasteiger partial charge in [0.05, 0.1) is 5.02 Å². The molecule has 0 bridgehead atoms. The molecule has 0 aliphatic rings. The molecule has 2 aromatic heterocycles. The normalized spacial score (nSPS) is 11.2. The number of carbonyl (C=O) groups is 1. The van der Waals surface area contributed by atoms with Crippen molar-refractivity contribution in [3.8, 4) is 0 Å². The number of aromatic nitrogens is 3. The zero-order chi connectivity index (χ0) is 23.5. The van der Waals surface area contributed by atoms with E-state index in [9.17, 15) is 13.2 Å². The van der Waals surface area contributed by atoms with Gasteiger partial charge in [-0.3, -0.25) is 0 Å². The quantitative estimate of drug-likeness (QED) is 0.279. The van der Waals surface area contributed by atoms with E-state index in [1.807, 2.05) is 9.29 Å². The lowest BCUT2D eigenvalue weighted by atomic mass is 10.3. The van der Waals surface area contributed by atoms with Crippen molar-refractivity contribution in [2.24, 2.45) is 0 Å². The Balaban J connectivity index is 1.80. The van der Waals surface area contributed by atoms with Crippen LogP contribution in [0.2, 0.25) is 5.02 Å². The predicted molar refractivity (Wildman–Crippen MR) is 126 cm³/mol. The second-order valence-electron chi connectivity index (χ2n) is 6.55. The third-order valence-corrected chi connectivity index (χ3v) is 6.43. The van der Waals surface area contributed by atoms with Crippen LogP contribution in [-0.4, -0.2) is 56.7 Å². The molecule has 2 heterocycles. The Morgan fingerprint density at radius 3 is 2.47 bits per heavy atom. The molecule has 32 heavy (non-hydrogen) atoms. The number of nitrogen functional groups attached to an aromatic ring is 1. The second-order valence-corrected chi connectivity index (χ2v) is 8.60. The number of pyridine rings is 1. The number of benzene rings is 1. The third kappa shape index (κ3) is 4.43. The minimum absolute atomic E-state index is 0.0162. The van der Waals surface area contributed by atoms with E-state index < -0.39 is 16.1 Å². The number of nitrogens with one attached hydrogen (secondary N) is 5. The van der Waals surface area contributed by atoms with Crippen molar-refractivity contribution >= 4 is 62.0 Å². The van der Waals surface area contributed by atoms with Crippen molar-refractivity contribution in [2.45, 2.75) is 11.4 Å². The van der Waals surface area contributed by atoms with Gasteiger partial charge in [0.25, 0.3) is 10.0 Å². The van der Waals surface area contributed by atoms with E-state index in [0.29, 0.717) is 28.5 Å². The molecule has 0 radical (unpaired) electrons. The first-order valence-corrected chi connectivity index (χ1v) is 11.4. The Labute approximate surface area is 190 Å². The molecule has 3 aromatic rings. The number of hydrogen-bond acceptors (Lipinski definition) is 9. The van der Waals surface area contributed by atoms with Gasteiger partial charge in [0.15, 0.2) is 11.6 Å². The Hall–Kier alpha value is -3.45. The van der Waals surface area contributed by atoms with E-state index >= 15 is 0 Å². The number of urea groups is 1. The van der Waals surface area contributed by atoms with E-state index in [1.165, 1.54) is 18.2 Å². The largest absolute Gasteiger partial charge is 0.383 e. The molecule has 0 spiro atoms. The molecule has 0 atom stereocenters. The van der Waals surface area contributed by atoms with Crippen molar-refractivity contribution in [1.29, 1.82) is 0 Å². The molecular weight excluding hydrogens is 458 g/mol. The van der Waals surface area contributed by atoms with Gasteiger partial charge in [-0.1, -0.05) is 23.7 Å². The molecule has 0 aliphatic heterocycles. The monoisotopic (exact) mass is 481 g/mol. The smallest absolute Gasteiger partial charge is 0.328 e. The summed E-state index contributed by atoms with van der Waals surface area (Å²) < 4.78 is 28.6. The van der Waals surface area contributed by atoms with E-state index in [0.717, 1.165) is 0 Å². The summed E-state index contributed by atoms with van der Waals surface area (Å²) in [5.41, 5.74) is 7.91. The van der Waals surface area contributed by atoms with Crippen molar-refractivity contribution in [3.63, 3.8) is 0 Å². The molecule has 3 rings (SSSR count). The van der Waals surface area contributed by atoms with Crippen molar-refractivity contribution in [3.05, 3.63) is 29.3 Å². The summed E-state index contributed by atoms with van der Waals surface area (Å²) in [6.45, 7) is 0.373. The summed E-state index contributed by atoms with van der Waals surface area (Å²) in [4.78, 5) is 20.8. The molecule has 0 saturated carbocycles. The molecule has 1 aromatic carbocycles. The predicted octanol–water partition coefficient (Wildman–Crippen LogP) is 1.48. The maximum absolute atomic E-state index is 12.4. The van der Waals surface area contributed by atoms with E-state index in [4.69, 9.17) is 17.3 Å². The minimum Gasteiger partial charge on any atom is -0.383 e. The number of sulfonamides is 1. The zero-order valence-corrected chi connectivity index (χ0v) is 19.2. The van der Waals surface area contributed by atoms with E-state index in [1.54, 1.807) is 27.2 Å².